The number of H-pyrrole nitrogens is 1. The number of carboxylic acids is 1. The molecule has 0 unspecified atom stereocenters. The van der Waals surface area contributed by atoms with Crippen LogP contribution in [0, 0.1) is 0 Å². The number of hydrogen-bond donors (Lipinski definition) is 6. The number of para-hydroxylation sites is 2. The van der Waals surface area contributed by atoms with Crippen LogP contribution >= 0.6 is 0 Å². The highest BCUT2D eigenvalue weighted by Gasteiger charge is 2.44. The lowest BCUT2D eigenvalue weighted by atomic mass is 9.81. The van der Waals surface area contributed by atoms with E-state index in [-0.39, 0.29) is 54.2 Å². The van der Waals surface area contributed by atoms with E-state index >= 15 is 0 Å². The number of nitrogens with one attached hydrogen (secondary N) is 3. The lowest BCUT2D eigenvalue weighted by Crippen LogP contribution is -2.42. The molecule has 0 saturated heterocycles. The summed E-state index contributed by atoms with van der Waals surface area (Å²) in [6.07, 6.45) is 13.5. The Bertz CT molecular complexity index is 3930. The first-order valence-electron chi connectivity index (χ1n) is 27.4. The van der Waals surface area contributed by atoms with Crippen molar-refractivity contribution in [3.63, 3.8) is 0 Å². The van der Waals surface area contributed by atoms with Gasteiger partial charge in [0.05, 0.1) is 39.7 Å². The average Bonchev–Trinajstić information content (AvgIpc) is 2.65. The number of benzene rings is 4. The predicted molar refractivity (Wildman–Crippen MR) is 318 cm³/mol. The predicted octanol–water partition coefficient (Wildman–Crippen LogP) is 8.38. The van der Waals surface area contributed by atoms with E-state index in [1.54, 1.807) is 48.5 Å². The molecule has 1 atom stereocenters. The van der Waals surface area contributed by atoms with E-state index in [1.807, 2.05) is 24.3 Å². The van der Waals surface area contributed by atoms with Gasteiger partial charge in [0.1, 0.15) is 24.1 Å². The zero-order valence-corrected chi connectivity index (χ0v) is 48.2. The van der Waals surface area contributed by atoms with Gasteiger partial charge in [-0.3, -0.25) is 19.1 Å². The second-order valence-corrected chi connectivity index (χ2v) is 25.0. The summed E-state index contributed by atoms with van der Waals surface area (Å²) in [4.78, 5) is 55.5. The molecule has 2 aromatic heterocycles. The van der Waals surface area contributed by atoms with Crippen LogP contribution in [0.25, 0.3) is 11.2 Å². The molecule has 1 amide bonds. The molecule has 0 spiro atoms. The van der Waals surface area contributed by atoms with E-state index in [1.165, 1.54) is 6.20 Å². The Balaban J connectivity index is 0.973. The molecular weight excluding hydrogens is 1100 g/mol. The Labute approximate surface area is 482 Å². The molecule has 0 radical (unpaired) electrons. The fourth-order valence-electron chi connectivity index (χ4n) is 11.1. The zero-order chi connectivity index (χ0) is 59.3. The number of anilines is 3. The van der Waals surface area contributed by atoms with Crippen molar-refractivity contribution < 1.29 is 49.9 Å². The number of fused-ring (bicyclic) bond motifs is 3. The molecule has 83 heavy (non-hydrogen) atoms. The van der Waals surface area contributed by atoms with E-state index in [0.717, 1.165) is 51.5 Å². The summed E-state index contributed by atoms with van der Waals surface area (Å²) in [6, 6.07) is 28.5. The van der Waals surface area contributed by atoms with Crippen molar-refractivity contribution in [3.8, 4) is 5.75 Å². The van der Waals surface area contributed by atoms with Crippen molar-refractivity contribution in [1.82, 2.24) is 25.3 Å². The van der Waals surface area contributed by atoms with Gasteiger partial charge in [-0.2, -0.15) is 18.0 Å². The van der Waals surface area contributed by atoms with Crippen LogP contribution < -0.4 is 31.6 Å². The van der Waals surface area contributed by atoms with E-state index in [0.29, 0.717) is 67.2 Å². The molecule has 2 aliphatic heterocycles. The molecule has 20 nitrogen and oxygen atoms in total. The number of nitrogens with two attached hydrogens (primary N) is 1. The van der Waals surface area contributed by atoms with Gasteiger partial charge in [0.15, 0.2) is 16.9 Å². The number of carboxylic acid groups (broad SMARTS) is 1. The largest absolute Gasteiger partial charge is 0.748 e. The maximum absolute atomic E-state index is 13.5. The molecule has 0 bridgehead atoms. The van der Waals surface area contributed by atoms with Gasteiger partial charge in [-0.05, 0) is 129 Å². The molecule has 4 heterocycles. The Kier molecular flexibility index (Phi) is 17.6. The molecule has 0 fully saturated rings. The number of hydrogen-bond acceptors (Lipinski definition) is 15. The number of aromatic amines is 1. The minimum absolute atomic E-state index is 0.0292. The number of nitrogen functional groups attached to an aromatic ring is 1. The number of rotatable bonds is 23. The zero-order valence-electron chi connectivity index (χ0n) is 46.6. The molecule has 4 aromatic carbocycles. The Morgan fingerprint density at radius 1 is 0.867 bits per heavy atom. The average molecular weight is 1170 g/mol. The molecule has 9 rings (SSSR count). The fraction of sp³-hybridized carbons (Fsp3) is 0.328. The number of carbonyl (C=O) groups excluding carboxylic acids is 1. The third-order valence-corrected chi connectivity index (χ3v) is 16.9. The maximum Gasteiger partial charge on any atom is 0.326 e. The topological polar surface area (TPSA) is 303 Å². The summed E-state index contributed by atoms with van der Waals surface area (Å²) in [5.41, 5.74) is 14.5. The van der Waals surface area contributed by atoms with Gasteiger partial charge < -0.3 is 35.7 Å². The van der Waals surface area contributed by atoms with Crippen molar-refractivity contribution in [2.75, 3.05) is 40.5 Å². The molecule has 0 saturated carbocycles. The summed E-state index contributed by atoms with van der Waals surface area (Å²) in [5.74, 6) is -1.50. The number of nitrogens with zero attached hydrogens (tertiary/aromatic N) is 5. The van der Waals surface area contributed by atoms with Crippen molar-refractivity contribution in [2.24, 2.45) is 0 Å². The minimum atomic E-state index is -4.36. The van der Waals surface area contributed by atoms with Crippen molar-refractivity contribution in [2.45, 2.75) is 102 Å². The van der Waals surface area contributed by atoms with Crippen LogP contribution in [0.1, 0.15) is 105 Å². The number of aromatic nitrogens is 4. The highest BCUT2D eigenvalue weighted by atomic mass is 32.2. The molecule has 7 N–H and O–H groups in total. The van der Waals surface area contributed by atoms with Crippen LogP contribution in [0.2, 0.25) is 0 Å². The fourth-order valence-corrected chi connectivity index (χ4v) is 12.2. The highest BCUT2D eigenvalue weighted by molar-refractivity contribution is 7.85. The number of carbonyl (C=O) groups is 2. The first-order chi connectivity index (χ1) is 39.4. The summed E-state index contributed by atoms with van der Waals surface area (Å²) in [7, 11) is -8.48. The first-order valence-corrected chi connectivity index (χ1v) is 30.6. The van der Waals surface area contributed by atoms with Gasteiger partial charge in [-0.1, -0.05) is 68.5 Å². The Morgan fingerprint density at radius 2 is 1.58 bits per heavy atom. The molecule has 434 valence electrons. The maximum atomic E-state index is 13.5. The minimum Gasteiger partial charge on any atom is -0.748 e. The molecule has 22 heteroatoms. The molecule has 3 aliphatic rings. The molecule has 1 aliphatic carbocycles. The van der Waals surface area contributed by atoms with Gasteiger partial charge in [0.25, 0.3) is 21.6 Å². The van der Waals surface area contributed by atoms with Gasteiger partial charge in [0.2, 0.25) is 11.6 Å². The summed E-state index contributed by atoms with van der Waals surface area (Å²) in [5, 5.41) is 16.1. The van der Waals surface area contributed by atoms with Crippen LogP contribution in [0.15, 0.2) is 155 Å². The number of amides is 1. The van der Waals surface area contributed by atoms with Crippen molar-refractivity contribution >= 4 is 72.0 Å². The van der Waals surface area contributed by atoms with Crippen molar-refractivity contribution in [3.05, 3.63) is 188 Å². The standard InChI is InChI=1S/C61H67N9O11S2/c1-60(2)46-16-5-7-18-49(46)69(32-9-11-34-82(75,76)77)51(60)30-24-40-14-13-15-41(25-31-52-61(3,4)47-17-6-8-19-50(47)70(52)33-10-12-35-83(78,79)80)54(40)81-45-28-20-39(21-29-45)36-48(58(73)74)66-56(71)42-22-26-43(27-23-42)63-37-44-38-64-55-53(65-44)57(72)68-59(62)67-55/h5-8,16-31,38,48H,9-15,32-37H2,1-4H3,(H7-,62,63,64,66,67,68,71,72,73,74,75,76,77,78,79,80)/t48-/m1/s1. The van der Waals surface area contributed by atoms with Crippen LogP contribution in [0.4, 0.5) is 23.0 Å². The van der Waals surface area contributed by atoms with E-state index in [2.05, 4.69) is 116 Å². The number of ether oxygens (including phenoxy) is 1. The Morgan fingerprint density at radius 3 is 2.30 bits per heavy atom. The third-order valence-electron chi connectivity index (χ3n) is 15.3. The van der Waals surface area contributed by atoms with Gasteiger partial charge in [0, 0.05) is 70.9 Å². The van der Waals surface area contributed by atoms with Crippen LogP contribution in [0.3, 0.4) is 0 Å². The van der Waals surface area contributed by atoms with E-state index in [9.17, 15) is 45.4 Å². The monoisotopic (exact) mass is 1170 g/mol. The van der Waals surface area contributed by atoms with Crippen molar-refractivity contribution in [1.29, 1.82) is 0 Å². The second-order valence-electron chi connectivity index (χ2n) is 21.9. The molecule has 6 aromatic rings. The lowest BCUT2D eigenvalue weighted by molar-refractivity contribution is -0.438. The summed E-state index contributed by atoms with van der Waals surface area (Å²) < 4.78 is 76.4. The lowest BCUT2D eigenvalue weighted by Gasteiger charge is -2.28. The number of allylic oxidation sites excluding steroid dienone is 7. The van der Waals surface area contributed by atoms with Gasteiger partial charge in [-0.25, -0.2) is 23.2 Å². The van der Waals surface area contributed by atoms with E-state index in [4.69, 9.17) is 10.5 Å². The van der Waals surface area contributed by atoms with E-state index < -0.39 is 60.3 Å². The van der Waals surface area contributed by atoms with Crippen LogP contribution in [-0.2, 0) is 48.8 Å². The third kappa shape index (κ3) is 14.1. The SMILES string of the molecule is CC1(C)C(/C=C/C2=C(Oc3ccc(C[C@@H](NC(=O)c4ccc(NCc5cnc6nc(N)[nH]c(=O)c6n5)cc4)C(=O)O)cc3)C(=C/C=C3/N(CCCCS(=O)(=O)[O-])c4ccccc4C3(C)C)/CCC2)=[N+](CCCCS(=O)(=O)O)c2ccccc21. The molecular formula is C61H67N9O11S2. The summed E-state index contributed by atoms with van der Waals surface area (Å²) in [6.45, 7) is 9.85. The first kappa shape index (κ1) is 59.3. The summed E-state index contributed by atoms with van der Waals surface area (Å²) >= 11 is 0. The highest BCUT2D eigenvalue weighted by Crippen LogP contribution is 2.48. The van der Waals surface area contributed by atoms with Crippen LogP contribution in [-0.4, -0.2) is 104 Å². The second kappa shape index (κ2) is 24.6. The Hall–Kier alpha value is -8.31. The van der Waals surface area contributed by atoms with Crippen LogP contribution in [0.5, 0.6) is 5.75 Å². The smallest absolute Gasteiger partial charge is 0.326 e. The number of aliphatic carboxylic acids is 1. The van der Waals surface area contributed by atoms with Gasteiger partial charge >= 0.3 is 5.97 Å². The quantitative estimate of drug-likeness (QED) is 0.0199. The van der Waals surface area contributed by atoms with Gasteiger partial charge in [-0.15, -0.1) is 0 Å². The number of unbranched alkanes of at least 4 members (excludes halogenated alkanes) is 2. The normalized spacial score (nSPS) is 17.1.